The van der Waals surface area contributed by atoms with E-state index < -0.39 is 0 Å². The number of carbonyl (C=O) groups excluding carboxylic acids is 1. The van der Waals surface area contributed by atoms with Gasteiger partial charge in [-0.05, 0) is 24.3 Å². The molecule has 10 heavy (non-hydrogen) atoms. The van der Waals surface area contributed by atoms with Crippen molar-refractivity contribution >= 4 is 22.2 Å². The molecule has 0 aromatic heterocycles. The van der Waals surface area contributed by atoms with E-state index in [9.17, 15) is 4.79 Å². The molecule has 0 aliphatic carbocycles. The highest BCUT2D eigenvalue weighted by molar-refractivity contribution is 9.09. The number of hydrogen-bond donors (Lipinski definition) is 0. The quantitative estimate of drug-likeness (QED) is 0.383. The van der Waals surface area contributed by atoms with E-state index in [-0.39, 0.29) is 0 Å². The lowest BCUT2D eigenvalue weighted by Crippen LogP contribution is -1.97. The van der Waals surface area contributed by atoms with E-state index in [2.05, 4.69) is 29.4 Å². The van der Waals surface area contributed by atoms with E-state index in [0.717, 1.165) is 24.5 Å². The molecule has 0 rings (SSSR count). The van der Waals surface area contributed by atoms with Crippen LogP contribution in [0.5, 0.6) is 0 Å². The van der Waals surface area contributed by atoms with Crippen LogP contribution in [0.3, 0.4) is 0 Å². The van der Waals surface area contributed by atoms with Crippen molar-refractivity contribution in [3.8, 4) is 0 Å². The summed E-state index contributed by atoms with van der Waals surface area (Å²) in [5.74, 6) is 0.567. The van der Waals surface area contributed by atoms with Crippen molar-refractivity contribution in [2.45, 2.75) is 19.8 Å². The van der Waals surface area contributed by atoms with Crippen molar-refractivity contribution in [1.82, 2.24) is 0 Å². The van der Waals surface area contributed by atoms with E-state index in [0.29, 0.717) is 11.5 Å². The van der Waals surface area contributed by atoms with Crippen molar-refractivity contribution in [1.29, 1.82) is 0 Å². The third kappa shape index (κ3) is 4.74. The third-order valence-corrected chi connectivity index (χ3v) is 1.84. The fraction of sp³-hybridized carbons (Fsp3) is 0.625. The summed E-state index contributed by atoms with van der Waals surface area (Å²) in [6.45, 7) is 5.73. The molecule has 0 saturated heterocycles. The maximum atomic E-state index is 10.1. The van der Waals surface area contributed by atoms with Crippen LogP contribution in [0.25, 0.3) is 0 Å². The van der Waals surface area contributed by atoms with Gasteiger partial charge in [0.15, 0.2) is 0 Å². The molecule has 1 atom stereocenters. The molecule has 0 amide bonds. The van der Waals surface area contributed by atoms with E-state index in [4.69, 9.17) is 0 Å². The Labute approximate surface area is 70.6 Å². The first kappa shape index (κ1) is 9.89. The van der Waals surface area contributed by atoms with E-state index >= 15 is 0 Å². The number of rotatable bonds is 5. The average molecular weight is 205 g/mol. The number of allylic oxidation sites excluding steroid dienone is 1. The Morgan fingerprint density at radius 2 is 2.40 bits per heavy atom. The Bertz CT molecular complexity index is 120. The number of hydrogen-bond acceptors (Lipinski definition) is 1. The van der Waals surface area contributed by atoms with E-state index in [1.165, 1.54) is 0 Å². The maximum Gasteiger partial charge on any atom is 0.145 e. The molecule has 58 valence electrons. The van der Waals surface area contributed by atoms with Crippen molar-refractivity contribution in [2.24, 2.45) is 5.92 Å². The molecule has 0 N–H and O–H groups in total. The van der Waals surface area contributed by atoms with Crippen LogP contribution in [0.15, 0.2) is 12.2 Å². The van der Waals surface area contributed by atoms with Crippen molar-refractivity contribution in [3.05, 3.63) is 12.2 Å². The number of halogens is 1. The first-order chi connectivity index (χ1) is 4.70. The smallest absolute Gasteiger partial charge is 0.145 e. The number of alkyl halides is 1. The molecule has 0 aliphatic heterocycles. The Hall–Kier alpha value is -0.110. The van der Waals surface area contributed by atoms with Gasteiger partial charge in [-0.1, -0.05) is 29.4 Å². The minimum atomic E-state index is 0.567. The predicted octanol–water partition coefficient (Wildman–Crippen LogP) is 2.55. The molecule has 0 aliphatic rings. The van der Waals surface area contributed by atoms with E-state index in [1.807, 2.05) is 0 Å². The van der Waals surface area contributed by atoms with Gasteiger partial charge in [-0.25, -0.2) is 0 Å². The molecule has 0 unspecified atom stereocenters. The molecule has 2 heteroatoms. The monoisotopic (exact) mass is 204 g/mol. The summed E-state index contributed by atoms with van der Waals surface area (Å²) in [5, 5.41) is 1.00. The molecule has 1 nitrogen and oxygen atoms in total. The Morgan fingerprint density at radius 3 is 2.80 bits per heavy atom. The molecule has 0 aromatic rings. The normalized spacial score (nSPS) is 12.6. The highest BCUT2D eigenvalue weighted by atomic mass is 79.9. The van der Waals surface area contributed by atoms with Gasteiger partial charge in [0.25, 0.3) is 0 Å². The summed E-state index contributed by atoms with van der Waals surface area (Å²) in [5.41, 5.74) is 0.702. The van der Waals surface area contributed by atoms with Gasteiger partial charge in [0.1, 0.15) is 6.29 Å². The molecule has 0 aromatic carbocycles. The summed E-state index contributed by atoms with van der Waals surface area (Å²) in [6.07, 6.45) is 2.77. The summed E-state index contributed by atoms with van der Waals surface area (Å²) >= 11 is 3.34. The van der Waals surface area contributed by atoms with Crippen LogP contribution in [0.1, 0.15) is 19.8 Å². The lowest BCUT2D eigenvalue weighted by atomic mass is 10.0. The third-order valence-electron chi connectivity index (χ3n) is 1.38. The Morgan fingerprint density at radius 1 is 1.80 bits per heavy atom. The first-order valence-corrected chi connectivity index (χ1v) is 4.51. The van der Waals surface area contributed by atoms with Crippen molar-refractivity contribution < 1.29 is 4.79 Å². The molecule has 0 spiro atoms. The fourth-order valence-electron chi connectivity index (χ4n) is 0.784. The van der Waals surface area contributed by atoms with Crippen LogP contribution in [0, 0.1) is 5.92 Å². The molecule has 0 heterocycles. The Balaban J connectivity index is 3.46. The average Bonchev–Trinajstić information content (AvgIpc) is 1.88. The molecular formula is C8H13BrO. The zero-order valence-electron chi connectivity index (χ0n) is 6.27. The first-order valence-electron chi connectivity index (χ1n) is 3.39. The van der Waals surface area contributed by atoms with Gasteiger partial charge in [0, 0.05) is 5.33 Å². The highest BCUT2D eigenvalue weighted by Gasteiger charge is 2.01. The molecule has 0 radical (unpaired) electrons. The van der Waals surface area contributed by atoms with Crippen molar-refractivity contribution in [3.63, 3.8) is 0 Å². The lowest BCUT2D eigenvalue weighted by molar-refractivity contribution is -0.105. The topological polar surface area (TPSA) is 17.1 Å². The molecule has 0 fully saturated rings. The van der Waals surface area contributed by atoms with Crippen LogP contribution < -0.4 is 0 Å². The second kappa shape index (κ2) is 5.66. The minimum absolute atomic E-state index is 0.567. The highest BCUT2D eigenvalue weighted by Crippen LogP contribution is 2.12. The summed E-state index contributed by atoms with van der Waals surface area (Å²) in [7, 11) is 0. The standard InChI is InChI=1S/C8H13BrO/c1-7(3-4-9)5-8(2)6-10/h6-7H,2-5H2,1H3/t7-/m0/s1. The van der Waals surface area contributed by atoms with Gasteiger partial charge in [-0.15, -0.1) is 0 Å². The number of aldehydes is 1. The molecule has 0 saturated carbocycles. The second-order valence-electron chi connectivity index (χ2n) is 2.56. The lowest BCUT2D eigenvalue weighted by Gasteiger charge is -2.06. The zero-order chi connectivity index (χ0) is 7.98. The summed E-state index contributed by atoms with van der Waals surface area (Å²) in [6, 6.07) is 0. The summed E-state index contributed by atoms with van der Waals surface area (Å²) in [4.78, 5) is 10.1. The minimum Gasteiger partial charge on any atom is -0.298 e. The predicted molar refractivity (Wildman–Crippen MR) is 47.4 cm³/mol. The van der Waals surface area contributed by atoms with Crippen LogP contribution in [-0.4, -0.2) is 11.6 Å². The van der Waals surface area contributed by atoms with Gasteiger partial charge < -0.3 is 0 Å². The SMILES string of the molecule is C=C(C=O)C[C@@H](C)CCBr. The van der Waals surface area contributed by atoms with Crippen LogP contribution in [0.2, 0.25) is 0 Å². The van der Waals surface area contributed by atoms with Crippen LogP contribution >= 0.6 is 15.9 Å². The van der Waals surface area contributed by atoms with Crippen LogP contribution in [-0.2, 0) is 4.79 Å². The maximum absolute atomic E-state index is 10.1. The fourth-order valence-corrected chi connectivity index (χ4v) is 1.57. The van der Waals surface area contributed by atoms with Crippen LogP contribution in [0.4, 0.5) is 0 Å². The van der Waals surface area contributed by atoms with Gasteiger partial charge in [-0.2, -0.15) is 0 Å². The molecular weight excluding hydrogens is 192 g/mol. The van der Waals surface area contributed by atoms with Gasteiger partial charge in [-0.3, -0.25) is 4.79 Å². The van der Waals surface area contributed by atoms with E-state index in [1.54, 1.807) is 0 Å². The van der Waals surface area contributed by atoms with Gasteiger partial charge in [0.05, 0.1) is 0 Å². The van der Waals surface area contributed by atoms with Gasteiger partial charge >= 0.3 is 0 Å². The second-order valence-corrected chi connectivity index (χ2v) is 3.36. The van der Waals surface area contributed by atoms with Gasteiger partial charge in [0.2, 0.25) is 0 Å². The number of carbonyl (C=O) groups is 1. The van der Waals surface area contributed by atoms with Crippen molar-refractivity contribution in [2.75, 3.05) is 5.33 Å². The Kier molecular flexibility index (Phi) is 5.60. The summed E-state index contributed by atoms with van der Waals surface area (Å²) < 4.78 is 0. The molecule has 0 bridgehead atoms. The largest absolute Gasteiger partial charge is 0.298 e. The zero-order valence-corrected chi connectivity index (χ0v) is 7.86.